The molecule has 130 valence electrons. The molecule has 1 N–H and O–H groups in total. The van der Waals surface area contributed by atoms with E-state index in [9.17, 15) is 9.90 Å². The zero-order chi connectivity index (χ0) is 17.9. The summed E-state index contributed by atoms with van der Waals surface area (Å²) >= 11 is 0. The lowest BCUT2D eigenvalue weighted by Crippen LogP contribution is -2.48. The van der Waals surface area contributed by atoms with E-state index in [1.165, 1.54) is 0 Å². The molecule has 0 heterocycles. The molecule has 0 radical (unpaired) electrons. The van der Waals surface area contributed by atoms with E-state index >= 15 is 0 Å². The summed E-state index contributed by atoms with van der Waals surface area (Å²) in [6, 6.07) is 0. The van der Waals surface area contributed by atoms with Crippen molar-refractivity contribution in [3.63, 3.8) is 0 Å². The van der Waals surface area contributed by atoms with Crippen molar-refractivity contribution in [2.45, 2.75) is 91.6 Å². The van der Waals surface area contributed by atoms with E-state index in [2.05, 4.69) is 61.2 Å². The third-order valence-corrected chi connectivity index (χ3v) is 9.10. The number of Topliss-reactive ketones (excluding diaryl/α,β-unsaturated/α-hetero) is 1. The van der Waals surface area contributed by atoms with E-state index in [1.54, 1.807) is 6.92 Å². The van der Waals surface area contributed by atoms with Gasteiger partial charge in [0.05, 0.1) is 12.2 Å². The fourth-order valence-corrected chi connectivity index (χ4v) is 3.24. The fourth-order valence-electron chi connectivity index (χ4n) is 1.74. The van der Waals surface area contributed by atoms with Gasteiger partial charge in [0, 0.05) is 12.8 Å². The van der Waals surface area contributed by atoms with Gasteiger partial charge in [-0.15, -0.1) is 0 Å². The Bertz CT molecular complexity index is 400. The summed E-state index contributed by atoms with van der Waals surface area (Å²) in [5.74, 6) is 0.0362. The summed E-state index contributed by atoms with van der Waals surface area (Å²) in [7, 11) is -1.94. The average Bonchev–Trinajstić information content (AvgIpc) is 2.24. The highest BCUT2D eigenvalue weighted by Crippen LogP contribution is 2.40. The molecule has 3 nitrogen and oxygen atoms in total. The third kappa shape index (κ3) is 6.76. The number of hydrogen-bond donors (Lipinski definition) is 1. The lowest BCUT2D eigenvalue weighted by atomic mass is 9.85. The van der Waals surface area contributed by atoms with Crippen molar-refractivity contribution in [3.8, 4) is 0 Å². The Morgan fingerprint density at radius 2 is 1.59 bits per heavy atom. The first-order valence-corrected chi connectivity index (χ1v) is 11.0. The molecule has 0 saturated carbocycles. The lowest BCUT2D eigenvalue weighted by molar-refractivity contribution is -0.123. The second kappa shape index (κ2) is 7.41. The molecule has 0 bridgehead atoms. The molecule has 0 rings (SSSR count). The summed E-state index contributed by atoms with van der Waals surface area (Å²) < 4.78 is 6.49. The van der Waals surface area contributed by atoms with Gasteiger partial charge in [-0.1, -0.05) is 53.7 Å². The van der Waals surface area contributed by atoms with Crippen molar-refractivity contribution in [1.29, 1.82) is 0 Å². The summed E-state index contributed by atoms with van der Waals surface area (Å²) in [5, 5.41) is 9.93. The van der Waals surface area contributed by atoms with E-state index in [0.29, 0.717) is 12.0 Å². The van der Waals surface area contributed by atoms with E-state index in [-0.39, 0.29) is 28.8 Å². The topological polar surface area (TPSA) is 46.5 Å². The molecule has 2 atom stereocenters. The largest absolute Gasteiger partial charge is 0.413 e. The van der Waals surface area contributed by atoms with Gasteiger partial charge >= 0.3 is 0 Å². The molecule has 0 aliphatic rings. The first kappa shape index (κ1) is 21.5. The molecule has 0 aliphatic heterocycles. The summed E-state index contributed by atoms with van der Waals surface area (Å²) in [4.78, 5) is 12.3. The Hall–Kier alpha value is -0.453. The van der Waals surface area contributed by atoms with Gasteiger partial charge in [-0.3, -0.25) is 4.79 Å². The van der Waals surface area contributed by atoms with Crippen LogP contribution >= 0.6 is 0 Å². The van der Waals surface area contributed by atoms with Gasteiger partial charge in [0.15, 0.2) is 8.32 Å². The normalized spacial score (nSPS) is 16.3. The maximum absolute atomic E-state index is 12.3. The molecule has 0 aliphatic carbocycles. The minimum absolute atomic E-state index is 0.0362. The number of carbonyl (C=O) groups excluding carboxylic acids is 1. The number of aliphatic hydroxyl groups is 1. The average molecular weight is 329 g/mol. The van der Waals surface area contributed by atoms with E-state index in [4.69, 9.17) is 4.43 Å². The van der Waals surface area contributed by atoms with Gasteiger partial charge in [0.1, 0.15) is 5.78 Å². The third-order valence-electron chi connectivity index (χ3n) is 4.61. The molecule has 0 amide bonds. The van der Waals surface area contributed by atoms with Crippen molar-refractivity contribution in [1.82, 2.24) is 0 Å². The Kier molecular flexibility index (Phi) is 7.26. The van der Waals surface area contributed by atoms with E-state index in [1.807, 2.05) is 0 Å². The quantitative estimate of drug-likeness (QED) is 0.544. The molecule has 4 heteroatoms. The van der Waals surface area contributed by atoms with Crippen molar-refractivity contribution in [2.75, 3.05) is 0 Å². The molecule has 22 heavy (non-hydrogen) atoms. The van der Waals surface area contributed by atoms with Crippen molar-refractivity contribution >= 4 is 14.1 Å². The number of hydrogen-bond acceptors (Lipinski definition) is 3. The Labute approximate surface area is 138 Å². The summed E-state index contributed by atoms with van der Waals surface area (Å²) in [6.45, 7) is 22.8. The summed E-state index contributed by atoms with van der Waals surface area (Å²) in [5.41, 5.74) is 0.519. The van der Waals surface area contributed by atoms with Crippen LogP contribution in [0, 0.1) is 5.41 Å². The van der Waals surface area contributed by atoms with Gasteiger partial charge in [0.2, 0.25) is 0 Å². The van der Waals surface area contributed by atoms with Crippen molar-refractivity contribution in [3.05, 3.63) is 12.2 Å². The Morgan fingerprint density at radius 1 is 1.14 bits per heavy atom. The standard InChI is InChI=1S/C18H36O3Si/c1-13(2)15(20)11-14(19)12-16(17(3,4)5)21-22(9,10)18(6,7)8/h15-16,20H,1,11-12H2,2-10H3/t15-,16+/m0/s1. The lowest BCUT2D eigenvalue weighted by Gasteiger charge is -2.43. The van der Waals surface area contributed by atoms with Crippen molar-refractivity contribution < 1.29 is 14.3 Å². The second-order valence-electron chi connectivity index (χ2n) is 9.04. The molecular weight excluding hydrogens is 292 g/mol. The van der Waals surface area contributed by atoms with Gasteiger partial charge in [0.25, 0.3) is 0 Å². The predicted octanol–water partition coefficient (Wildman–Crippen LogP) is 4.71. The SMILES string of the molecule is C=C(C)[C@@H](O)CC(=O)C[C@@H](O[Si](C)(C)C(C)(C)C)C(C)(C)C. The molecule has 0 spiro atoms. The minimum atomic E-state index is -1.94. The monoisotopic (exact) mass is 328 g/mol. The summed E-state index contributed by atoms with van der Waals surface area (Å²) in [6.07, 6.45) is -0.400. The van der Waals surface area contributed by atoms with Gasteiger partial charge < -0.3 is 9.53 Å². The number of rotatable bonds is 7. The zero-order valence-corrected chi connectivity index (χ0v) is 17.0. The van der Waals surface area contributed by atoms with Crippen LogP contribution in [0.4, 0.5) is 0 Å². The van der Waals surface area contributed by atoms with Crippen LogP contribution in [0.5, 0.6) is 0 Å². The molecule has 0 aromatic carbocycles. The molecule has 0 aromatic heterocycles. The van der Waals surface area contributed by atoms with Crippen LogP contribution in [0.25, 0.3) is 0 Å². The van der Waals surface area contributed by atoms with Crippen LogP contribution in [0.15, 0.2) is 12.2 Å². The molecule has 0 fully saturated rings. The maximum atomic E-state index is 12.3. The highest BCUT2D eigenvalue weighted by atomic mass is 28.4. The smallest absolute Gasteiger partial charge is 0.192 e. The number of ketones is 1. The van der Waals surface area contributed by atoms with Gasteiger partial charge in [-0.25, -0.2) is 0 Å². The minimum Gasteiger partial charge on any atom is -0.413 e. The maximum Gasteiger partial charge on any atom is 0.192 e. The van der Waals surface area contributed by atoms with Crippen LogP contribution in [0.1, 0.15) is 61.3 Å². The second-order valence-corrected chi connectivity index (χ2v) is 13.8. The van der Waals surface area contributed by atoms with Crippen LogP contribution in [-0.2, 0) is 9.22 Å². The predicted molar refractivity (Wildman–Crippen MR) is 96.6 cm³/mol. The van der Waals surface area contributed by atoms with Gasteiger partial charge in [-0.2, -0.15) is 0 Å². The highest BCUT2D eigenvalue weighted by molar-refractivity contribution is 6.74. The van der Waals surface area contributed by atoms with Gasteiger partial charge in [-0.05, 0) is 30.5 Å². The Morgan fingerprint density at radius 3 is 1.91 bits per heavy atom. The molecular formula is C18H36O3Si. The van der Waals surface area contributed by atoms with E-state index < -0.39 is 14.4 Å². The first-order valence-electron chi connectivity index (χ1n) is 8.11. The Balaban J connectivity index is 5.04. The molecule has 0 saturated heterocycles. The highest BCUT2D eigenvalue weighted by Gasteiger charge is 2.42. The van der Waals surface area contributed by atoms with Crippen molar-refractivity contribution in [2.24, 2.45) is 5.41 Å². The zero-order valence-electron chi connectivity index (χ0n) is 16.0. The van der Waals surface area contributed by atoms with Crippen LogP contribution in [0.3, 0.4) is 0 Å². The van der Waals surface area contributed by atoms with E-state index in [0.717, 1.165) is 0 Å². The van der Waals surface area contributed by atoms with Crippen LogP contribution in [0.2, 0.25) is 18.1 Å². The van der Waals surface area contributed by atoms with Crippen LogP contribution in [-0.4, -0.2) is 31.4 Å². The fraction of sp³-hybridized carbons (Fsp3) is 0.833. The molecule has 0 aromatic rings. The number of carbonyl (C=O) groups is 1. The number of aliphatic hydroxyl groups excluding tert-OH is 1. The molecule has 0 unspecified atom stereocenters. The first-order chi connectivity index (χ1) is 9.58. The van der Waals surface area contributed by atoms with Crippen LogP contribution < -0.4 is 0 Å².